The Labute approximate surface area is 115 Å². The molecule has 7 heteroatoms. The highest BCUT2D eigenvalue weighted by Crippen LogP contribution is 2.21. The predicted octanol–water partition coefficient (Wildman–Crippen LogP) is 1.43. The number of hydrogen-bond donors (Lipinski definition) is 2. The van der Waals surface area contributed by atoms with E-state index in [-0.39, 0.29) is 4.90 Å². The van der Waals surface area contributed by atoms with Crippen LogP contribution in [0.4, 0.5) is 0 Å². The van der Waals surface area contributed by atoms with Crippen LogP contribution in [0.15, 0.2) is 27.8 Å². The van der Waals surface area contributed by atoms with E-state index in [1.807, 2.05) is 0 Å². The Balaban J connectivity index is 2.16. The van der Waals surface area contributed by atoms with Crippen LogP contribution in [0.2, 0.25) is 0 Å². The number of aliphatic hydroxyl groups is 1. The van der Waals surface area contributed by atoms with E-state index in [0.29, 0.717) is 17.3 Å². The van der Waals surface area contributed by atoms with Crippen LogP contribution in [0.1, 0.15) is 25.7 Å². The van der Waals surface area contributed by atoms with E-state index < -0.39 is 22.2 Å². The number of sulfonamides is 1. The van der Waals surface area contributed by atoms with Crippen LogP contribution in [0.25, 0.3) is 0 Å². The molecule has 2 atom stereocenters. The second kappa shape index (κ2) is 5.64. The largest absolute Gasteiger partial charge is 0.391 e. The molecule has 100 valence electrons. The fourth-order valence-electron chi connectivity index (χ4n) is 2.06. The number of aliphatic hydroxyl groups excluding tert-OH is 1. The maximum Gasteiger partial charge on any atom is 0.242 e. The van der Waals surface area contributed by atoms with Gasteiger partial charge in [0.15, 0.2) is 0 Å². The Kier molecular flexibility index (Phi) is 4.37. The highest BCUT2D eigenvalue weighted by Gasteiger charge is 2.28. The minimum absolute atomic E-state index is 0.106. The second-order valence-electron chi connectivity index (χ2n) is 4.42. The van der Waals surface area contributed by atoms with Crippen molar-refractivity contribution in [2.24, 2.45) is 0 Å². The first kappa shape index (κ1) is 13.9. The number of halogens is 1. The maximum absolute atomic E-state index is 12.1. The lowest BCUT2D eigenvalue weighted by molar-refractivity contribution is 0.101. The number of hydrogen-bond acceptors (Lipinski definition) is 4. The zero-order valence-electron chi connectivity index (χ0n) is 9.71. The van der Waals surface area contributed by atoms with Crippen molar-refractivity contribution >= 4 is 26.0 Å². The zero-order valence-corrected chi connectivity index (χ0v) is 12.1. The molecule has 0 spiro atoms. The molecule has 1 aromatic rings. The van der Waals surface area contributed by atoms with Crippen molar-refractivity contribution in [1.29, 1.82) is 0 Å². The first-order valence-corrected chi connectivity index (χ1v) is 8.07. The molecule has 2 rings (SSSR count). The maximum atomic E-state index is 12.1. The fourth-order valence-corrected chi connectivity index (χ4v) is 3.86. The van der Waals surface area contributed by atoms with Crippen molar-refractivity contribution in [3.63, 3.8) is 0 Å². The Morgan fingerprint density at radius 2 is 2.06 bits per heavy atom. The van der Waals surface area contributed by atoms with Gasteiger partial charge in [0, 0.05) is 22.9 Å². The zero-order chi connectivity index (χ0) is 13.2. The van der Waals surface area contributed by atoms with Crippen LogP contribution in [0.3, 0.4) is 0 Å². The van der Waals surface area contributed by atoms with Gasteiger partial charge in [0.25, 0.3) is 0 Å². The van der Waals surface area contributed by atoms with Crippen LogP contribution in [-0.4, -0.2) is 30.7 Å². The van der Waals surface area contributed by atoms with Gasteiger partial charge in [0.2, 0.25) is 10.0 Å². The lowest BCUT2D eigenvalue weighted by atomic mass is 9.93. The number of aromatic nitrogens is 1. The van der Waals surface area contributed by atoms with Gasteiger partial charge in [-0.05, 0) is 34.8 Å². The van der Waals surface area contributed by atoms with Crippen molar-refractivity contribution in [3.8, 4) is 0 Å². The summed E-state index contributed by atoms with van der Waals surface area (Å²) in [4.78, 5) is 3.94. The molecule has 0 radical (unpaired) electrons. The molecular weight excluding hydrogens is 320 g/mol. The van der Waals surface area contributed by atoms with Crippen LogP contribution >= 0.6 is 15.9 Å². The van der Waals surface area contributed by atoms with E-state index >= 15 is 0 Å². The third-order valence-corrected chi connectivity index (χ3v) is 4.92. The third-order valence-electron chi connectivity index (χ3n) is 3.03. The molecule has 1 aliphatic carbocycles. The number of nitrogens with one attached hydrogen (secondary N) is 1. The van der Waals surface area contributed by atoms with E-state index in [0.717, 1.165) is 12.8 Å². The molecule has 5 nitrogen and oxygen atoms in total. The molecule has 1 heterocycles. The summed E-state index contributed by atoms with van der Waals surface area (Å²) < 4.78 is 27.4. The summed E-state index contributed by atoms with van der Waals surface area (Å²) in [6.45, 7) is 0. The highest BCUT2D eigenvalue weighted by atomic mass is 79.9. The van der Waals surface area contributed by atoms with Gasteiger partial charge in [0.1, 0.15) is 4.90 Å². The summed E-state index contributed by atoms with van der Waals surface area (Å²) in [5.41, 5.74) is 0. The van der Waals surface area contributed by atoms with Crippen molar-refractivity contribution in [2.75, 3.05) is 0 Å². The normalized spacial score (nSPS) is 25.0. The molecule has 0 aliphatic heterocycles. The molecule has 1 saturated carbocycles. The summed E-state index contributed by atoms with van der Waals surface area (Å²) in [5, 5.41) is 9.78. The fraction of sp³-hybridized carbons (Fsp3) is 0.545. The Hall–Kier alpha value is -0.500. The van der Waals surface area contributed by atoms with E-state index in [1.54, 1.807) is 0 Å². The first-order chi connectivity index (χ1) is 8.49. The Morgan fingerprint density at radius 1 is 1.33 bits per heavy atom. The van der Waals surface area contributed by atoms with E-state index in [1.165, 1.54) is 18.5 Å². The third kappa shape index (κ3) is 3.28. The monoisotopic (exact) mass is 334 g/mol. The average molecular weight is 335 g/mol. The average Bonchev–Trinajstić information content (AvgIpc) is 2.32. The van der Waals surface area contributed by atoms with Gasteiger partial charge >= 0.3 is 0 Å². The van der Waals surface area contributed by atoms with Gasteiger partial charge in [-0.15, -0.1) is 0 Å². The van der Waals surface area contributed by atoms with Crippen molar-refractivity contribution < 1.29 is 13.5 Å². The van der Waals surface area contributed by atoms with Crippen LogP contribution < -0.4 is 4.72 Å². The number of pyridine rings is 1. The van der Waals surface area contributed by atoms with Crippen molar-refractivity contribution in [2.45, 2.75) is 42.7 Å². The molecule has 18 heavy (non-hydrogen) atoms. The van der Waals surface area contributed by atoms with Gasteiger partial charge in [0.05, 0.1) is 6.10 Å². The first-order valence-electron chi connectivity index (χ1n) is 5.80. The molecule has 1 aliphatic rings. The van der Waals surface area contributed by atoms with Crippen LogP contribution in [0, 0.1) is 0 Å². The van der Waals surface area contributed by atoms with E-state index in [4.69, 9.17) is 0 Å². The standard InChI is InChI=1S/C11H15BrN2O3S/c12-8-5-9(7-13-6-8)18(16,17)14-10-3-1-2-4-11(10)15/h5-7,10-11,14-15H,1-4H2/t10-,11-/m1/s1. The number of nitrogens with zero attached hydrogens (tertiary/aromatic N) is 1. The predicted molar refractivity (Wildman–Crippen MR) is 70.5 cm³/mol. The van der Waals surface area contributed by atoms with E-state index in [9.17, 15) is 13.5 Å². The van der Waals surface area contributed by atoms with Crippen LogP contribution in [0.5, 0.6) is 0 Å². The second-order valence-corrected chi connectivity index (χ2v) is 7.05. The molecule has 0 aromatic carbocycles. The summed E-state index contributed by atoms with van der Waals surface area (Å²) in [5.74, 6) is 0. The van der Waals surface area contributed by atoms with Gasteiger partial charge < -0.3 is 5.11 Å². The molecule has 0 bridgehead atoms. The Bertz CT molecular complexity index is 521. The molecule has 0 saturated heterocycles. The van der Waals surface area contributed by atoms with E-state index in [2.05, 4.69) is 25.6 Å². The Morgan fingerprint density at radius 3 is 2.72 bits per heavy atom. The van der Waals surface area contributed by atoms with Crippen LogP contribution in [-0.2, 0) is 10.0 Å². The number of rotatable bonds is 3. The molecule has 2 N–H and O–H groups in total. The molecule has 1 fully saturated rings. The lowest BCUT2D eigenvalue weighted by Crippen LogP contribution is -2.44. The summed E-state index contributed by atoms with van der Waals surface area (Å²) in [7, 11) is -3.62. The van der Waals surface area contributed by atoms with Gasteiger partial charge in [-0.25, -0.2) is 13.1 Å². The molecule has 1 aromatic heterocycles. The minimum atomic E-state index is -3.62. The summed E-state index contributed by atoms with van der Waals surface area (Å²) in [6.07, 6.45) is 5.40. The molecule has 0 amide bonds. The minimum Gasteiger partial charge on any atom is -0.391 e. The summed E-state index contributed by atoms with van der Waals surface area (Å²) >= 11 is 3.19. The molecular formula is C11H15BrN2O3S. The highest BCUT2D eigenvalue weighted by molar-refractivity contribution is 9.10. The van der Waals surface area contributed by atoms with Crippen molar-refractivity contribution in [3.05, 3.63) is 22.9 Å². The summed E-state index contributed by atoms with van der Waals surface area (Å²) in [6, 6.07) is 1.09. The van der Waals surface area contributed by atoms with Gasteiger partial charge in [-0.2, -0.15) is 0 Å². The smallest absolute Gasteiger partial charge is 0.242 e. The SMILES string of the molecule is O=S(=O)(N[C@@H]1CCCC[C@H]1O)c1cncc(Br)c1. The van der Waals surface area contributed by atoms with Gasteiger partial charge in [-0.3, -0.25) is 4.98 Å². The quantitative estimate of drug-likeness (QED) is 0.876. The van der Waals surface area contributed by atoms with Gasteiger partial charge in [-0.1, -0.05) is 12.8 Å². The van der Waals surface area contributed by atoms with Crippen molar-refractivity contribution in [1.82, 2.24) is 9.71 Å². The molecule has 0 unspecified atom stereocenters. The lowest BCUT2D eigenvalue weighted by Gasteiger charge is -2.28. The topological polar surface area (TPSA) is 79.3 Å².